The molecular weight excluding hydrogens is 310 g/mol. The van der Waals surface area contributed by atoms with E-state index in [0.29, 0.717) is 5.69 Å². The maximum atomic E-state index is 7.04. The molecule has 0 amide bonds. The van der Waals surface area contributed by atoms with Crippen LogP contribution in [0, 0.1) is 13.5 Å². The second-order valence-electron chi connectivity index (χ2n) is 6.35. The van der Waals surface area contributed by atoms with Crippen LogP contribution in [0.5, 0.6) is 0 Å². The van der Waals surface area contributed by atoms with Crippen LogP contribution in [0.1, 0.15) is 16.8 Å². The van der Waals surface area contributed by atoms with E-state index in [9.17, 15) is 0 Å². The van der Waals surface area contributed by atoms with Crippen molar-refractivity contribution in [2.75, 3.05) is 6.54 Å². The Morgan fingerprint density at radius 3 is 2.68 bits per heavy atom. The zero-order valence-corrected chi connectivity index (χ0v) is 14.2. The third kappa shape index (κ3) is 3.04. The lowest BCUT2D eigenvalue weighted by Crippen LogP contribution is -2.33. The smallest absolute Gasteiger partial charge is 0.187 e. The fourth-order valence-corrected chi connectivity index (χ4v) is 3.31. The maximum Gasteiger partial charge on any atom is 0.187 e. The van der Waals surface area contributed by atoms with E-state index in [2.05, 4.69) is 26.3 Å². The van der Waals surface area contributed by atoms with Gasteiger partial charge in [-0.05, 0) is 24.6 Å². The van der Waals surface area contributed by atoms with Gasteiger partial charge in [-0.2, -0.15) is 5.10 Å². The lowest BCUT2D eigenvalue weighted by Gasteiger charge is -2.28. The Hall–Kier alpha value is -2.97. The highest BCUT2D eigenvalue weighted by Gasteiger charge is 2.23. The molecule has 0 saturated heterocycles. The van der Waals surface area contributed by atoms with Crippen molar-refractivity contribution >= 4 is 5.69 Å². The number of rotatable bonds is 3. The first-order valence-electron chi connectivity index (χ1n) is 8.41. The molecule has 1 aromatic carbocycles. The van der Waals surface area contributed by atoms with Crippen molar-refractivity contribution in [1.82, 2.24) is 19.7 Å². The van der Waals surface area contributed by atoms with Crippen molar-refractivity contribution in [3.8, 4) is 11.4 Å². The lowest BCUT2D eigenvalue weighted by atomic mass is 10.1. The van der Waals surface area contributed by atoms with Crippen LogP contribution in [-0.2, 0) is 19.6 Å². The molecule has 3 heterocycles. The summed E-state index contributed by atoms with van der Waals surface area (Å²) in [7, 11) is 0. The summed E-state index contributed by atoms with van der Waals surface area (Å²) < 4.78 is 2.12. The second kappa shape index (κ2) is 6.50. The molecule has 0 radical (unpaired) electrons. The van der Waals surface area contributed by atoms with Crippen LogP contribution < -0.4 is 0 Å². The van der Waals surface area contributed by atoms with E-state index in [4.69, 9.17) is 11.7 Å². The maximum absolute atomic E-state index is 7.04. The molecule has 25 heavy (non-hydrogen) atoms. The normalized spacial score (nSPS) is 14.1. The van der Waals surface area contributed by atoms with Crippen molar-refractivity contribution in [1.29, 1.82) is 0 Å². The monoisotopic (exact) mass is 329 g/mol. The molecule has 0 N–H and O–H groups in total. The second-order valence-corrected chi connectivity index (χ2v) is 6.35. The van der Waals surface area contributed by atoms with E-state index >= 15 is 0 Å². The number of nitrogens with zero attached hydrogens (tertiary/aromatic N) is 5. The van der Waals surface area contributed by atoms with Gasteiger partial charge in [0.05, 0.1) is 24.5 Å². The standard InChI is InChI=1S/C20H19N5/c1-15-19-14-24(13-16-6-8-17(21-2)9-7-16)11-12-25(19)23-20(15)18-5-3-4-10-22-18/h3-10H,11-14H2,1H3. The Labute approximate surface area is 147 Å². The molecule has 0 spiro atoms. The van der Waals surface area contributed by atoms with Gasteiger partial charge in [0.2, 0.25) is 0 Å². The Morgan fingerprint density at radius 2 is 1.96 bits per heavy atom. The zero-order chi connectivity index (χ0) is 17.2. The van der Waals surface area contributed by atoms with Crippen LogP contribution in [0.4, 0.5) is 5.69 Å². The van der Waals surface area contributed by atoms with Crippen LogP contribution in [0.25, 0.3) is 16.2 Å². The summed E-state index contributed by atoms with van der Waals surface area (Å²) in [5.41, 5.74) is 6.33. The third-order valence-electron chi connectivity index (χ3n) is 4.70. The van der Waals surface area contributed by atoms with E-state index in [1.54, 1.807) is 0 Å². The van der Waals surface area contributed by atoms with Gasteiger partial charge in [-0.25, -0.2) is 4.85 Å². The van der Waals surface area contributed by atoms with E-state index in [0.717, 1.165) is 37.6 Å². The Balaban J connectivity index is 1.55. The van der Waals surface area contributed by atoms with Gasteiger partial charge in [0.15, 0.2) is 5.69 Å². The Bertz CT molecular complexity index is 919. The lowest BCUT2D eigenvalue weighted by molar-refractivity contribution is 0.204. The number of hydrogen-bond donors (Lipinski definition) is 0. The average molecular weight is 329 g/mol. The molecule has 0 fully saturated rings. The van der Waals surface area contributed by atoms with E-state index in [1.165, 1.54) is 16.8 Å². The molecule has 3 aromatic rings. The van der Waals surface area contributed by atoms with Gasteiger partial charge in [-0.15, -0.1) is 0 Å². The fourth-order valence-electron chi connectivity index (χ4n) is 3.31. The minimum Gasteiger partial charge on any atom is -0.291 e. The van der Waals surface area contributed by atoms with Gasteiger partial charge in [0.1, 0.15) is 5.69 Å². The van der Waals surface area contributed by atoms with Crippen LogP contribution in [-0.4, -0.2) is 26.2 Å². The van der Waals surface area contributed by atoms with E-state index in [-0.39, 0.29) is 0 Å². The highest BCUT2D eigenvalue weighted by Crippen LogP contribution is 2.27. The predicted octanol–water partition coefficient (Wildman–Crippen LogP) is 3.82. The number of hydrogen-bond acceptors (Lipinski definition) is 3. The topological polar surface area (TPSA) is 38.3 Å². The number of pyridine rings is 1. The molecule has 5 nitrogen and oxygen atoms in total. The molecule has 4 rings (SSSR count). The SMILES string of the molecule is [C-]#[N+]c1ccc(CN2CCn3nc(-c4ccccn4)c(C)c3C2)cc1. The van der Waals surface area contributed by atoms with Crippen LogP contribution in [0.3, 0.4) is 0 Å². The zero-order valence-electron chi connectivity index (χ0n) is 14.2. The average Bonchev–Trinajstić information content (AvgIpc) is 2.99. The fraction of sp³-hybridized carbons (Fsp3) is 0.250. The molecule has 2 aromatic heterocycles. The summed E-state index contributed by atoms with van der Waals surface area (Å²) in [6.07, 6.45) is 1.81. The van der Waals surface area contributed by atoms with Gasteiger partial charge in [-0.1, -0.05) is 30.3 Å². The quantitative estimate of drug-likeness (QED) is 0.686. The number of fused-ring (bicyclic) bond motifs is 1. The van der Waals surface area contributed by atoms with Crippen molar-refractivity contribution in [3.63, 3.8) is 0 Å². The predicted molar refractivity (Wildman–Crippen MR) is 97.0 cm³/mol. The van der Waals surface area contributed by atoms with Crippen molar-refractivity contribution in [2.45, 2.75) is 26.6 Å². The minimum atomic E-state index is 0.691. The summed E-state index contributed by atoms with van der Waals surface area (Å²) >= 11 is 0. The summed E-state index contributed by atoms with van der Waals surface area (Å²) in [6.45, 7) is 12.8. The number of aromatic nitrogens is 3. The van der Waals surface area contributed by atoms with E-state index in [1.807, 2.05) is 48.7 Å². The van der Waals surface area contributed by atoms with Crippen molar-refractivity contribution in [2.24, 2.45) is 0 Å². The van der Waals surface area contributed by atoms with Gasteiger partial charge in [-0.3, -0.25) is 14.6 Å². The molecule has 1 aliphatic rings. The van der Waals surface area contributed by atoms with Crippen molar-refractivity contribution in [3.05, 3.63) is 76.9 Å². The Morgan fingerprint density at radius 1 is 1.12 bits per heavy atom. The third-order valence-corrected chi connectivity index (χ3v) is 4.70. The summed E-state index contributed by atoms with van der Waals surface area (Å²) in [5, 5.41) is 4.78. The highest BCUT2D eigenvalue weighted by atomic mass is 15.3. The highest BCUT2D eigenvalue weighted by molar-refractivity contribution is 5.59. The van der Waals surface area contributed by atoms with Crippen molar-refractivity contribution < 1.29 is 0 Å². The molecule has 5 heteroatoms. The van der Waals surface area contributed by atoms with E-state index < -0.39 is 0 Å². The first-order chi connectivity index (χ1) is 12.2. The van der Waals surface area contributed by atoms with Crippen LogP contribution in [0.2, 0.25) is 0 Å². The van der Waals surface area contributed by atoms with Gasteiger partial charge in [0.25, 0.3) is 0 Å². The molecule has 0 unspecified atom stereocenters. The molecule has 124 valence electrons. The largest absolute Gasteiger partial charge is 0.291 e. The minimum absolute atomic E-state index is 0.691. The molecular formula is C20H19N5. The number of benzene rings is 1. The van der Waals surface area contributed by atoms with Crippen LogP contribution >= 0.6 is 0 Å². The first-order valence-corrected chi connectivity index (χ1v) is 8.41. The van der Waals surface area contributed by atoms with Gasteiger partial charge in [0, 0.05) is 31.4 Å². The summed E-state index contributed by atoms with van der Waals surface area (Å²) in [4.78, 5) is 10.3. The Kier molecular flexibility index (Phi) is 4.04. The molecule has 0 saturated carbocycles. The molecule has 0 aliphatic carbocycles. The van der Waals surface area contributed by atoms with Crippen LogP contribution in [0.15, 0.2) is 48.7 Å². The molecule has 1 aliphatic heterocycles. The van der Waals surface area contributed by atoms with Gasteiger partial charge >= 0.3 is 0 Å². The summed E-state index contributed by atoms with van der Waals surface area (Å²) in [6, 6.07) is 13.8. The molecule has 0 bridgehead atoms. The molecule has 0 atom stereocenters. The summed E-state index contributed by atoms with van der Waals surface area (Å²) in [5.74, 6) is 0. The van der Waals surface area contributed by atoms with Gasteiger partial charge < -0.3 is 0 Å². The first kappa shape index (κ1) is 15.6.